The van der Waals surface area contributed by atoms with Gasteiger partial charge in [-0.1, -0.05) is 12.1 Å². The van der Waals surface area contributed by atoms with E-state index in [0.717, 1.165) is 17.0 Å². The fourth-order valence-electron chi connectivity index (χ4n) is 1.60. The number of nitrogens with two attached hydrogens (primary N) is 1. The van der Waals surface area contributed by atoms with E-state index >= 15 is 0 Å². The van der Waals surface area contributed by atoms with Crippen LogP contribution in [0.3, 0.4) is 0 Å². The van der Waals surface area contributed by atoms with E-state index in [2.05, 4.69) is 35.9 Å². The summed E-state index contributed by atoms with van der Waals surface area (Å²) in [5.74, 6) is 0. The van der Waals surface area contributed by atoms with Crippen LogP contribution in [-0.2, 0) is 0 Å². The molecule has 0 bridgehead atoms. The Hall–Kier alpha value is -1.90. The maximum Gasteiger partial charge on any atom is 0.116 e. The zero-order chi connectivity index (χ0) is 11.7. The number of hydrogen-bond donors (Lipinski definition) is 1. The van der Waals surface area contributed by atoms with Gasteiger partial charge in [0.05, 0.1) is 17.1 Å². The van der Waals surface area contributed by atoms with E-state index in [9.17, 15) is 0 Å². The Balaban J connectivity index is 2.59. The van der Waals surface area contributed by atoms with E-state index in [1.54, 1.807) is 6.33 Å². The molecule has 0 spiro atoms. The van der Waals surface area contributed by atoms with Crippen LogP contribution in [0.15, 0.2) is 24.5 Å². The minimum Gasteiger partial charge on any atom is -0.395 e. The maximum absolute atomic E-state index is 5.98. The molecule has 2 aromatic rings. The van der Waals surface area contributed by atoms with E-state index in [0.29, 0.717) is 5.69 Å². The third-order valence-corrected chi connectivity index (χ3v) is 2.86. The van der Waals surface area contributed by atoms with Crippen molar-refractivity contribution in [3.05, 3.63) is 41.3 Å². The summed E-state index contributed by atoms with van der Waals surface area (Å²) >= 11 is 0. The first kappa shape index (κ1) is 10.6. The molecule has 0 saturated heterocycles. The summed E-state index contributed by atoms with van der Waals surface area (Å²) in [5.41, 5.74) is 11.8. The largest absolute Gasteiger partial charge is 0.395 e. The molecule has 1 aromatic carbocycles. The zero-order valence-corrected chi connectivity index (χ0v) is 9.78. The predicted octanol–water partition coefficient (Wildman–Crippen LogP) is 2.65. The van der Waals surface area contributed by atoms with Crippen molar-refractivity contribution in [2.24, 2.45) is 0 Å². The van der Waals surface area contributed by atoms with Crippen LogP contribution in [0.5, 0.6) is 0 Å². The highest BCUT2D eigenvalue weighted by Crippen LogP contribution is 2.26. The number of nitrogens with zero attached hydrogens (tertiary/aromatic N) is 2. The molecule has 1 aromatic heterocycles. The first-order chi connectivity index (χ1) is 7.59. The summed E-state index contributed by atoms with van der Waals surface area (Å²) < 4.78 is 0. The van der Waals surface area contributed by atoms with Gasteiger partial charge in [-0.05, 0) is 38.0 Å². The van der Waals surface area contributed by atoms with Crippen LogP contribution in [0.4, 0.5) is 5.69 Å². The molecule has 0 aliphatic heterocycles. The number of aryl methyl sites for hydroxylation is 3. The number of rotatable bonds is 1. The first-order valence-corrected chi connectivity index (χ1v) is 5.24. The van der Waals surface area contributed by atoms with Gasteiger partial charge in [-0.2, -0.15) is 0 Å². The molecule has 0 unspecified atom stereocenters. The van der Waals surface area contributed by atoms with Crippen molar-refractivity contribution in [2.45, 2.75) is 20.8 Å². The van der Waals surface area contributed by atoms with E-state index in [1.165, 1.54) is 11.1 Å². The number of anilines is 1. The molecule has 2 rings (SSSR count). The molecule has 0 aliphatic carbocycles. The highest BCUT2D eigenvalue weighted by Gasteiger charge is 2.07. The van der Waals surface area contributed by atoms with E-state index < -0.39 is 0 Å². The van der Waals surface area contributed by atoms with Crippen LogP contribution in [0.1, 0.15) is 16.8 Å². The predicted molar refractivity (Wildman–Crippen MR) is 66.1 cm³/mol. The second kappa shape index (κ2) is 3.93. The lowest BCUT2D eigenvalue weighted by Gasteiger charge is -2.08. The van der Waals surface area contributed by atoms with Gasteiger partial charge in [-0.25, -0.2) is 9.97 Å². The monoisotopic (exact) mass is 213 g/mol. The van der Waals surface area contributed by atoms with Crippen molar-refractivity contribution in [3.8, 4) is 11.3 Å². The van der Waals surface area contributed by atoms with Gasteiger partial charge in [-0.3, -0.25) is 0 Å². The highest BCUT2D eigenvalue weighted by molar-refractivity contribution is 5.74. The van der Waals surface area contributed by atoms with E-state index in [-0.39, 0.29) is 0 Å². The fourth-order valence-corrected chi connectivity index (χ4v) is 1.60. The lowest BCUT2D eigenvalue weighted by molar-refractivity contribution is 1.11. The standard InChI is InChI=1S/C13H15N3/c1-8-4-5-11(6-9(8)2)13-12(14)10(3)15-7-16-13/h4-7H,14H2,1-3H3. The van der Waals surface area contributed by atoms with Crippen LogP contribution >= 0.6 is 0 Å². The molecular weight excluding hydrogens is 198 g/mol. The molecule has 3 heteroatoms. The highest BCUT2D eigenvalue weighted by atomic mass is 14.9. The van der Waals surface area contributed by atoms with Gasteiger partial charge in [0.15, 0.2) is 0 Å². The molecule has 2 N–H and O–H groups in total. The molecule has 0 atom stereocenters. The third-order valence-electron chi connectivity index (χ3n) is 2.86. The van der Waals surface area contributed by atoms with Gasteiger partial charge < -0.3 is 5.73 Å². The quantitative estimate of drug-likeness (QED) is 0.792. The zero-order valence-electron chi connectivity index (χ0n) is 9.78. The third kappa shape index (κ3) is 1.76. The minimum atomic E-state index is 0.658. The molecule has 0 amide bonds. The van der Waals surface area contributed by atoms with Gasteiger partial charge in [0.25, 0.3) is 0 Å². The number of aromatic nitrogens is 2. The number of benzene rings is 1. The van der Waals surface area contributed by atoms with Gasteiger partial charge in [0.1, 0.15) is 6.33 Å². The van der Waals surface area contributed by atoms with Crippen molar-refractivity contribution >= 4 is 5.69 Å². The molecule has 82 valence electrons. The average Bonchev–Trinajstić information content (AvgIpc) is 2.26. The Morgan fingerprint density at radius 2 is 1.75 bits per heavy atom. The second-order valence-electron chi connectivity index (χ2n) is 4.02. The van der Waals surface area contributed by atoms with Crippen molar-refractivity contribution in [1.82, 2.24) is 9.97 Å². The van der Waals surface area contributed by atoms with Crippen LogP contribution in [0, 0.1) is 20.8 Å². The normalized spacial score (nSPS) is 10.4. The topological polar surface area (TPSA) is 51.8 Å². The van der Waals surface area contributed by atoms with Crippen LogP contribution in [-0.4, -0.2) is 9.97 Å². The van der Waals surface area contributed by atoms with Crippen LogP contribution in [0.25, 0.3) is 11.3 Å². The van der Waals surface area contributed by atoms with Crippen molar-refractivity contribution in [1.29, 1.82) is 0 Å². The maximum atomic E-state index is 5.98. The molecule has 0 aliphatic rings. The Bertz CT molecular complexity index is 533. The Morgan fingerprint density at radius 3 is 2.44 bits per heavy atom. The van der Waals surface area contributed by atoms with Crippen molar-refractivity contribution in [2.75, 3.05) is 5.73 Å². The SMILES string of the molecule is Cc1ccc(-c2ncnc(C)c2N)cc1C. The average molecular weight is 213 g/mol. The Kier molecular flexibility index (Phi) is 2.60. The number of nitrogen functional groups attached to an aromatic ring is 1. The summed E-state index contributed by atoms with van der Waals surface area (Å²) in [7, 11) is 0. The summed E-state index contributed by atoms with van der Waals surface area (Å²) in [6, 6.07) is 6.23. The molecule has 3 nitrogen and oxygen atoms in total. The Labute approximate surface area is 95.4 Å². The summed E-state index contributed by atoms with van der Waals surface area (Å²) in [4.78, 5) is 8.31. The van der Waals surface area contributed by atoms with E-state index in [1.807, 2.05) is 13.0 Å². The van der Waals surface area contributed by atoms with Gasteiger partial charge >= 0.3 is 0 Å². The van der Waals surface area contributed by atoms with Crippen molar-refractivity contribution in [3.63, 3.8) is 0 Å². The minimum absolute atomic E-state index is 0.658. The molecule has 0 radical (unpaired) electrons. The molecule has 0 saturated carbocycles. The lowest BCUT2D eigenvalue weighted by Crippen LogP contribution is -1.99. The fraction of sp³-hybridized carbons (Fsp3) is 0.231. The molecular formula is C13H15N3. The lowest BCUT2D eigenvalue weighted by atomic mass is 10.0. The molecule has 16 heavy (non-hydrogen) atoms. The smallest absolute Gasteiger partial charge is 0.116 e. The van der Waals surface area contributed by atoms with Crippen LogP contribution < -0.4 is 5.73 Å². The van der Waals surface area contributed by atoms with Gasteiger partial charge in [0.2, 0.25) is 0 Å². The van der Waals surface area contributed by atoms with Crippen molar-refractivity contribution < 1.29 is 0 Å². The first-order valence-electron chi connectivity index (χ1n) is 5.24. The second-order valence-corrected chi connectivity index (χ2v) is 4.02. The Morgan fingerprint density at radius 1 is 1.00 bits per heavy atom. The summed E-state index contributed by atoms with van der Waals surface area (Å²) in [6.45, 7) is 6.07. The van der Waals surface area contributed by atoms with E-state index in [4.69, 9.17) is 5.73 Å². The summed E-state index contributed by atoms with van der Waals surface area (Å²) in [5, 5.41) is 0. The summed E-state index contributed by atoms with van der Waals surface area (Å²) in [6.07, 6.45) is 1.55. The van der Waals surface area contributed by atoms with Crippen LogP contribution in [0.2, 0.25) is 0 Å². The molecule has 1 heterocycles. The van der Waals surface area contributed by atoms with Gasteiger partial charge in [0, 0.05) is 5.56 Å². The molecule has 0 fully saturated rings. The number of hydrogen-bond acceptors (Lipinski definition) is 3. The van der Waals surface area contributed by atoms with Gasteiger partial charge in [-0.15, -0.1) is 0 Å².